The Hall–Kier alpha value is -1.03. The van der Waals surface area contributed by atoms with Crippen LogP contribution in [-0.2, 0) is 9.53 Å². The molecule has 0 unspecified atom stereocenters. The number of ether oxygens (including phenoxy) is 1. The monoisotopic (exact) mass is 142 g/mol. The summed E-state index contributed by atoms with van der Waals surface area (Å²) < 4.78 is 4.70. The first-order chi connectivity index (χ1) is 4.75. The molecule has 1 saturated heterocycles. The molecule has 4 nitrogen and oxygen atoms in total. The van der Waals surface area contributed by atoms with Crippen molar-refractivity contribution in [2.75, 3.05) is 20.2 Å². The second-order valence-corrected chi connectivity index (χ2v) is 1.96. The Labute approximate surface area is 59.4 Å². The number of hydrazine groups is 1. The minimum absolute atomic E-state index is 0.347. The van der Waals surface area contributed by atoms with E-state index in [0.717, 1.165) is 0 Å². The summed E-state index contributed by atoms with van der Waals surface area (Å²) in [5.41, 5.74) is 3.19. The van der Waals surface area contributed by atoms with Crippen molar-refractivity contribution in [2.24, 2.45) is 0 Å². The lowest BCUT2D eigenvalue weighted by atomic mass is 10.4. The van der Waals surface area contributed by atoms with Crippen molar-refractivity contribution < 1.29 is 9.53 Å². The maximum Gasteiger partial charge on any atom is 0.355 e. The molecule has 0 amide bonds. The number of carbonyl (C=O) groups is 1. The quantitative estimate of drug-likeness (QED) is 0.395. The van der Waals surface area contributed by atoms with Crippen molar-refractivity contribution in [3.63, 3.8) is 0 Å². The highest BCUT2D eigenvalue weighted by molar-refractivity contribution is 5.87. The third-order valence-electron chi connectivity index (χ3n) is 1.38. The summed E-state index contributed by atoms with van der Waals surface area (Å²) >= 11 is 0. The molecule has 1 N–H and O–H groups in total. The van der Waals surface area contributed by atoms with E-state index in [9.17, 15) is 4.79 Å². The third kappa shape index (κ3) is 1.11. The van der Waals surface area contributed by atoms with Crippen molar-refractivity contribution in [3.8, 4) is 0 Å². The lowest BCUT2D eigenvalue weighted by Gasteiger charge is -2.27. The predicted molar refractivity (Wildman–Crippen MR) is 35.9 cm³/mol. The van der Waals surface area contributed by atoms with Crippen molar-refractivity contribution in [1.82, 2.24) is 10.4 Å². The van der Waals surface area contributed by atoms with Crippen molar-refractivity contribution in [3.05, 3.63) is 12.3 Å². The average molecular weight is 142 g/mol. The Bertz CT molecular complexity index is 167. The summed E-state index contributed by atoms with van der Waals surface area (Å²) in [7, 11) is 1.74. The van der Waals surface area contributed by atoms with Gasteiger partial charge in [0.15, 0.2) is 0 Å². The lowest BCUT2D eigenvalue weighted by Crippen LogP contribution is -2.43. The number of nitrogens with zero attached hydrogens (tertiary/aromatic N) is 1. The van der Waals surface area contributed by atoms with Crippen LogP contribution in [-0.4, -0.2) is 31.2 Å². The van der Waals surface area contributed by atoms with Gasteiger partial charge in [0, 0.05) is 7.05 Å². The second kappa shape index (κ2) is 2.70. The Morgan fingerprint density at radius 1 is 1.80 bits per heavy atom. The van der Waals surface area contributed by atoms with Gasteiger partial charge in [-0.05, 0) is 0 Å². The maximum atomic E-state index is 10.8. The smallest absolute Gasteiger partial charge is 0.355 e. The number of hydrogen-bond acceptors (Lipinski definition) is 4. The Kier molecular flexibility index (Phi) is 1.91. The number of morpholine rings is 1. The van der Waals surface area contributed by atoms with E-state index in [-0.39, 0.29) is 5.97 Å². The predicted octanol–water partition coefficient (Wildman–Crippen LogP) is -0.507. The summed E-state index contributed by atoms with van der Waals surface area (Å²) in [5, 5.41) is 1.66. The van der Waals surface area contributed by atoms with E-state index in [1.807, 2.05) is 0 Å². The number of rotatable bonds is 1. The molecular weight excluding hydrogens is 132 g/mol. The number of carbonyl (C=O) groups excluding carboxylic acids is 1. The first-order valence-electron chi connectivity index (χ1n) is 3.06. The highest BCUT2D eigenvalue weighted by Gasteiger charge is 2.20. The van der Waals surface area contributed by atoms with Gasteiger partial charge in [0.05, 0.1) is 6.54 Å². The van der Waals surface area contributed by atoms with E-state index in [4.69, 9.17) is 4.74 Å². The van der Waals surface area contributed by atoms with Gasteiger partial charge >= 0.3 is 5.97 Å². The van der Waals surface area contributed by atoms with E-state index >= 15 is 0 Å². The molecule has 0 bridgehead atoms. The SMILES string of the molecule is C=C1C(=O)OCCN1NC. The van der Waals surface area contributed by atoms with Gasteiger partial charge in [-0.25, -0.2) is 10.2 Å². The molecule has 0 spiro atoms. The minimum atomic E-state index is -0.347. The summed E-state index contributed by atoms with van der Waals surface area (Å²) in [6, 6.07) is 0. The Morgan fingerprint density at radius 2 is 2.50 bits per heavy atom. The van der Waals surface area contributed by atoms with E-state index in [1.165, 1.54) is 0 Å². The van der Waals surface area contributed by atoms with E-state index < -0.39 is 0 Å². The third-order valence-corrected chi connectivity index (χ3v) is 1.38. The van der Waals surface area contributed by atoms with Crippen LogP contribution in [0.3, 0.4) is 0 Å². The van der Waals surface area contributed by atoms with Crippen LogP contribution in [0.25, 0.3) is 0 Å². The van der Waals surface area contributed by atoms with Gasteiger partial charge in [-0.1, -0.05) is 6.58 Å². The summed E-state index contributed by atoms with van der Waals surface area (Å²) in [5.74, 6) is -0.347. The largest absolute Gasteiger partial charge is 0.459 e. The normalized spacial score (nSPS) is 19.1. The van der Waals surface area contributed by atoms with Gasteiger partial charge in [0.2, 0.25) is 0 Å². The topological polar surface area (TPSA) is 41.6 Å². The average Bonchev–Trinajstić information content (AvgIpc) is 1.95. The summed E-state index contributed by atoms with van der Waals surface area (Å²) in [4.78, 5) is 10.8. The van der Waals surface area contributed by atoms with Crippen LogP contribution in [0.15, 0.2) is 12.3 Å². The molecule has 0 atom stereocenters. The van der Waals surface area contributed by atoms with Crippen LogP contribution < -0.4 is 5.43 Å². The van der Waals surface area contributed by atoms with E-state index in [0.29, 0.717) is 18.8 Å². The lowest BCUT2D eigenvalue weighted by molar-refractivity contribution is -0.146. The first-order valence-corrected chi connectivity index (χ1v) is 3.06. The van der Waals surface area contributed by atoms with E-state index in [2.05, 4.69) is 12.0 Å². The molecule has 1 fully saturated rings. The number of hydrogen-bond donors (Lipinski definition) is 1. The number of cyclic esters (lactones) is 1. The van der Waals surface area contributed by atoms with Gasteiger partial charge in [-0.2, -0.15) is 0 Å². The molecular formula is C6H10N2O2. The zero-order valence-corrected chi connectivity index (χ0v) is 5.89. The highest BCUT2D eigenvalue weighted by atomic mass is 16.5. The van der Waals surface area contributed by atoms with Crippen LogP contribution in [0.5, 0.6) is 0 Å². The van der Waals surface area contributed by atoms with Gasteiger partial charge in [-0.3, -0.25) is 5.01 Å². The minimum Gasteiger partial charge on any atom is -0.459 e. The molecule has 1 heterocycles. The molecule has 0 radical (unpaired) electrons. The molecule has 1 rings (SSSR count). The molecule has 0 aliphatic carbocycles. The fraction of sp³-hybridized carbons (Fsp3) is 0.500. The molecule has 1 aliphatic heterocycles. The molecule has 0 aromatic heterocycles. The molecule has 0 aromatic carbocycles. The van der Waals surface area contributed by atoms with Gasteiger partial charge < -0.3 is 4.74 Å². The maximum absolute atomic E-state index is 10.8. The highest BCUT2D eigenvalue weighted by Crippen LogP contribution is 2.05. The van der Waals surface area contributed by atoms with Crippen molar-refractivity contribution in [2.45, 2.75) is 0 Å². The zero-order valence-electron chi connectivity index (χ0n) is 5.89. The van der Waals surface area contributed by atoms with Gasteiger partial charge in [0.25, 0.3) is 0 Å². The Morgan fingerprint density at radius 3 is 3.00 bits per heavy atom. The summed E-state index contributed by atoms with van der Waals surface area (Å²) in [6.45, 7) is 4.63. The number of nitrogens with one attached hydrogen (secondary N) is 1. The fourth-order valence-electron chi connectivity index (χ4n) is 0.805. The first kappa shape index (κ1) is 7.08. The second-order valence-electron chi connectivity index (χ2n) is 1.96. The molecule has 4 heteroatoms. The molecule has 1 aliphatic rings. The van der Waals surface area contributed by atoms with Crippen LogP contribution in [0, 0.1) is 0 Å². The zero-order chi connectivity index (χ0) is 7.56. The Balaban J connectivity index is 2.60. The van der Waals surface area contributed by atoms with E-state index in [1.54, 1.807) is 12.1 Å². The van der Waals surface area contributed by atoms with Crippen LogP contribution in [0.1, 0.15) is 0 Å². The number of esters is 1. The van der Waals surface area contributed by atoms with Crippen LogP contribution in [0.2, 0.25) is 0 Å². The van der Waals surface area contributed by atoms with Gasteiger partial charge in [0.1, 0.15) is 12.3 Å². The van der Waals surface area contributed by atoms with Gasteiger partial charge in [-0.15, -0.1) is 0 Å². The van der Waals surface area contributed by atoms with Crippen molar-refractivity contribution in [1.29, 1.82) is 0 Å². The van der Waals surface area contributed by atoms with Crippen LogP contribution >= 0.6 is 0 Å². The molecule has 0 aromatic rings. The fourth-order valence-corrected chi connectivity index (χ4v) is 0.805. The molecule has 56 valence electrons. The molecule has 10 heavy (non-hydrogen) atoms. The molecule has 0 saturated carbocycles. The van der Waals surface area contributed by atoms with Crippen molar-refractivity contribution >= 4 is 5.97 Å². The standard InChI is InChI=1S/C6H10N2O2/c1-5-6(9)10-4-3-8(5)7-2/h7H,1,3-4H2,2H3. The summed E-state index contributed by atoms with van der Waals surface area (Å²) in [6.07, 6.45) is 0. The van der Waals surface area contributed by atoms with Crippen LogP contribution in [0.4, 0.5) is 0 Å².